The van der Waals surface area contributed by atoms with Gasteiger partial charge in [0.1, 0.15) is 21.5 Å². The molecule has 0 aliphatic heterocycles. The Bertz CT molecular complexity index is 2000. The van der Waals surface area contributed by atoms with Gasteiger partial charge in [0.2, 0.25) is 0 Å². The number of benzene rings is 1. The molecule has 0 fully saturated rings. The number of hydrogen-bond donors (Lipinski definition) is 0. The normalized spacial score (nSPS) is 11.9. The molecular formula is C68H112N2O2S4. The van der Waals surface area contributed by atoms with Crippen LogP contribution in [-0.2, 0) is 12.8 Å². The molecule has 0 atom stereocenters. The summed E-state index contributed by atoms with van der Waals surface area (Å²) < 4.78 is 16.7. The number of thiophene rings is 2. The van der Waals surface area contributed by atoms with Gasteiger partial charge in [0.05, 0.1) is 43.8 Å². The van der Waals surface area contributed by atoms with Crippen LogP contribution in [0.1, 0.15) is 319 Å². The molecule has 4 heterocycles. The van der Waals surface area contributed by atoms with Crippen molar-refractivity contribution in [1.29, 1.82) is 0 Å². The van der Waals surface area contributed by atoms with E-state index < -0.39 is 0 Å². The highest BCUT2D eigenvalue weighted by molar-refractivity contribution is 7.28. The summed E-state index contributed by atoms with van der Waals surface area (Å²) in [7, 11) is 0. The van der Waals surface area contributed by atoms with Gasteiger partial charge in [0, 0.05) is 20.5 Å². The molecule has 5 rings (SSSR count). The molecule has 4 aromatic heterocycles. The molecule has 0 N–H and O–H groups in total. The molecule has 0 aliphatic carbocycles. The van der Waals surface area contributed by atoms with Gasteiger partial charge in [-0.2, -0.15) is 0 Å². The highest BCUT2D eigenvalue weighted by Gasteiger charge is 2.25. The molecule has 0 aliphatic rings. The molecule has 5 aromatic rings. The fourth-order valence-electron chi connectivity index (χ4n) is 11.2. The van der Waals surface area contributed by atoms with E-state index >= 15 is 0 Å². The largest absolute Gasteiger partial charge is 0.491 e. The smallest absolute Gasteiger partial charge is 0.146 e. The molecule has 0 radical (unpaired) electrons. The van der Waals surface area contributed by atoms with Crippen molar-refractivity contribution in [1.82, 2.24) is 9.97 Å². The van der Waals surface area contributed by atoms with Gasteiger partial charge in [-0.3, -0.25) is 0 Å². The molecule has 8 heteroatoms. The van der Waals surface area contributed by atoms with Gasteiger partial charge in [-0.25, -0.2) is 9.97 Å². The average Bonchev–Trinajstić information content (AvgIpc) is 4.28. The van der Waals surface area contributed by atoms with Crippen molar-refractivity contribution in [3.8, 4) is 31.3 Å². The number of rotatable bonds is 50. The van der Waals surface area contributed by atoms with Crippen LogP contribution in [0.5, 0.6) is 11.5 Å². The van der Waals surface area contributed by atoms with E-state index in [0.717, 1.165) is 60.4 Å². The summed E-state index contributed by atoms with van der Waals surface area (Å²) in [6.07, 6.45) is 58.9. The molecule has 0 saturated carbocycles. The summed E-state index contributed by atoms with van der Waals surface area (Å²) in [4.78, 5) is 16.0. The lowest BCUT2D eigenvalue weighted by atomic mass is 10.0. The van der Waals surface area contributed by atoms with Gasteiger partial charge >= 0.3 is 0 Å². The molecule has 0 amide bonds. The third-order valence-electron chi connectivity index (χ3n) is 16.1. The minimum Gasteiger partial charge on any atom is -0.491 e. The van der Waals surface area contributed by atoms with Crippen LogP contribution in [0, 0.1) is 13.8 Å². The SMILES string of the molecule is CCCCCCCCCCCCCCCCOc1c2cc(-c3nc(CCCCCCCCC)c(C)s3)sc2c(OCCCCCCCCCCCCCCCC)c2cc(-c3nc(CCCCCCCCC)c(C)s3)sc12. The van der Waals surface area contributed by atoms with Gasteiger partial charge in [-0.15, -0.1) is 45.3 Å². The number of unbranched alkanes of at least 4 members (excludes halogenated alkanes) is 38. The zero-order valence-corrected chi connectivity index (χ0v) is 53.3. The van der Waals surface area contributed by atoms with Gasteiger partial charge in [0.15, 0.2) is 0 Å². The van der Waals surface area contributed by atoms with E-state index in [4.69, 9.17) is 19.4 Å². The second-order valence-corrected chi connectivity index (χ2v) is 27.6. The van der Waals surface area contributed by atoms with Crippen LogP contribution < -0.4 is 9.47 Å². The summed E-state index contributed by atoms with van der Waals surface area (Å²) in [6, 6.07) is 4.84. The summed E-state index contributed by atoms with van der Waals surface area (Å²) in [5.41, 5.74) is 2.59. The van der Waals surface area contributed by atoms with Gasteiger partial charge < -0.3 is 9.47 Å². The predicted molar refractivity (Wildman–Crippen MR) is 344 cm³/mol. The van der Waals surface area contributed by atoms with E-state index in [1.54, 1.807) is 0 Å². The fourth-order valence-corrected chi connectivity index (χ4v) is 15.5. The average molecular weight is 1120 g/mol. The van der Waals surface area contributed by atoms with E-state index in [1.165, 1.54) is 308 Å². The van der Waals surface area contributed by atoms with E-state index in [2.05, 4.69) is 53.7 Å². The zero-order valence-electron chi connectivity index (χ0n) is 50.0. The van der Waals surface area contributed by atoms with E-state index in [0.29, 0.717) is 0 Å². The standard InChI is InChI=1S/C68H112N2O2S4/c1-7-11-15-19-23-25-27-29-31-33-35-39-43-47-51-71-63-57-53-61(67-69-59(55(5)73-67)49-45-41-37-21-17-13-9-3)76-66(57)64(72-52-48-44-40-36-34-32-30-28-26-24-20-16-12-8-2)58-54-62(75-65(58)63)68-70-60(56(6)74-68)50-46-42-38-22-18-14-10-4/h53-54H,7-52H2,1-6H3. The number of aromatic nitrogens is 2. The third kappa shape index (κ3) is 24.4. The van der Waals surface area contributed by atoms with Crippen LogP contribution in [0.15, 0.2) is 12.1 Å². The number of aryl methyl sites for hydroxylation is 4. The first-order valence-electron chi connectivity index (χ1n) is 32.7. The molecule has 76 heavy (non-hydrogen) atoms. The number of thiazole rings is 2. The maximum Gasteiger partial charge on any atom is 0.146 e. The lowest BCUT2D eigenvalue weighted by Crippen LogP contribution is -2.00. The van der Waals surface area contributed by atoms with Crippen LogP contribution in [0.2, 0.25) is 0 Å². The Hall–Kier alpha value is -2.00. The number of hydrogen-bond acceptors (Lipinski definition) is 8. The van der Waals surface area contributed by atoms with E-state index in [1.807, 2.05) is 45.3 Å². The molecule has 0 saturated heterocycles. The highest BCUT2D eigenvalue weighted by atomic mass is 32.1. The second-order valence-electron chi connectivity index (χ2n) is 23.0. The Morgan fingerprint density at radius 3 is 0.842 bits per heavy atom. The molecule has 0 bridgehead atoms. The van der Waals surface area contributed by atoms with Crippen LogP contribution in [0.25, 0.3) is 39.9 Å². The molecule has 0 unspecified atom stereocenters. The van der Waals surface area contributed by atoms with Crippen LogP contribution >= 0.6 is 45.3 Å². The summed E-state index contributed by atoms with van der Waals surface area (Å²) in [6.45, 7) is 15.3. The van der Waals surface area contributed by atoms with Crippen LogP contribution in [-0.4, -0.2) is 23.2 Å². The van der Waals surface area contributed by atoms with Gasteiger partial charge in [0.25, 0.3) is 0 Å². The van der Waals surface area contributed by atoms with Gasteiger partial charge in [-0.1, -0.05) is 272 Å². The van der Waals surface area contributed by atoms with E-state index in [-0.39, 0.29) is 0 Å². The lowest BCUT2D eigenvalue weighted by molar-refractivity contribution is 0.307. The maximum absolute atomic E-state index is 7.11. The minimum atomic E-state index is 0.748. The lowest BCUT2D eigenvalue weighted by Gasteiger charge is -2.14. The maximum atomic E-state index is 7.11. The first-order chi connectivity index (χ1) is 37.5. The quantitative estimate of drug-likeness (QED) is 0.0364. The predicted octanol–water partition coefficient (Wildman–Crippen LogP) is 25.3. The summed E-state index contributed by atoms with van der Waals surface area (Å²) in [5, 5.41) is 4.73. The van der Waals surface area contributed by atoms with Crippen molar-refractivity contribution >= 4 is 65.5 Å². The van der Waals surface area contributed by atoms with Crippen molar-refractivity contribution in [3.05, 3.63) is 33.3 Å². The van der Waals surface area contributed by atoms with Gasteiger partial charge in [-0.05, 0) is 64.5 Å². The van der Waals surface area contributed by atoms with Crippen molar-refractivity contribution in [2.75, 3.05) is 13.2 Å². The first kappa shape index (κ1) is 64.8. The minimum absolute atomic E-state index is 0.748. The summed E-state index contributed by atoms with van der Waals surface area (Å²) in [5.74, 6) is 2.10. The number of fused-ring (bicyclic) bond motifs is 2. The first-order valence-corrected chi connectivity index (χ1v) is 36.0. The second kappa shape index (κ2) is 41.1. The monoisotopic (exact) mass is 1120 g/mol. The molecular weight excluding hydrogens is 1010 g/mol. The van der Waals surface area contributed by atoms with Crippen molar-refractivity contribution in [2.45, 2.75) is 324 Å². The topological polar surface area (TPSA) is 44.2 Å². The Labute approximate surface area is 483 Å². The Kier molecular flexibility index (Phi) is 35.0. The Balaban J connectivity index is 1.31. The van der Waals surface area contributed by atoms with Crippen molar-refractivity contribution in [2.24, 2.45) is 0 Å². The van der Waals surface area contributed by atoms with Crippen LogP contribution in [0.4, 0.5) is 0 Å². The zero-order chi connectivity index (χ0) is 53.7. The van der Waals surface area contributed by atoms with Crippen LogP contribution in [0.3, 0.4) is 0 Å². The fraction of sp³-hybridized carbons (Fsp3) is 0.765. The molecule has 1 aromatic carbocycles. The Morgan fingerprint density at radius 1 is 0.316 bits per heavy atom. The van der Waals surface area contributed by atoms with Crippen molar-refractivity contribution < 1.29 is 9.47 Å². The molecule has 430 valence electrons. The Morgan fingerprint density at radius 2 is 0.566 bits per heavy atom. The highest BCUT2D eigenvalue weighted by Crippen LogP contribution is 2.53. The molecule has 0 spiro atoms. The third-order valence-corrected chi connectivity index (χ3v) is 20.7. The van der Waals surface area contributed by atoms with Crippen molar-refractivity contribution in [3.63, 3.8) is 0 Å². The number of nitrogens with zero attached hydrogens (tertiary/aromatic N) is 2. The molecule has 4 nitrogen and oxygen atoms in total. The summed E-state index contributed by atoms with van der Waals surface area (Å²) >= 11 is 7.53. The number of ether oxygens (including phenoxy) is 2. The van der Waals surface area contributed by atoms with E-state index in [9.17, 15) is 0 Å².